The van der Waals surface area contributed by atoms with Gasteiger partial charge in [0.05, 0.1) is 23.7 Å². The average molecular weight is 527 g/mol. The van der Waals surface area contributed by atoms with Crippen molar-refractivity contribution in [1.29, 1.82) is 0 Å². The summed E-state index contributed by atoms with van der Waals surface area (Å²) in [5.41, 5.74) is 5.94. The highest BCUT2D eigenvalue weighted by Gasteiger charge is 2.41. The standard InChI is InChI=1S/C25H23F2N5O6/c26-16-5-19(16)32-8-15(25(34)35)22(33)14-4-17(27)24(29-23(14)32)31-7-13(6-28)18(9-31)30-38-10-12-1-2-20-21(3-12)37-11-36-20/h1-4,8,13,16,19H,5-7,9-11,28H2,(H,34,35)/b30-18+/t13?,16-,19+/m0/s1. The third-order valence-corrected chi connectivity index (χ3v) is 6.91. The normalized spacial score (nSPS) is 22.9. The Morgan fingerprint density at radius 1 is 1.29 bits per heavy atom. The van der Waals surface area contributed by atoms with E-state index >= 15 is 4.39 Å². The van der Waals surface area contributed by atoms with E-state index in [9.17, 15) is 19.1 Å². The van der Waals surface area contributed by atoms with Crippen LogP contribution in [-0.2, 0) is 11.4 Å². The van der Waals surface area contributed by atoms with Gasteiger partial charge in [0.1, 0.15) is 24.0 Å². The highest BCUT2D eigenvalue weighted by atomic mass is 19.1. The van der Waals surface area contributed by atoms with E-state index in [0.29, 0.717) is 23.8 Å². The van der Waals surface area contributed by atoms with Crippen molar-refractivity contribution in [3.05, 3.63) is 57.6 Å². The quantitative estimate of drug-likeness (QED) is 0.442. The number of rotatable bonds is 7. The molecular weight excluding hydrogens is 504 g/mol. The molecular formula is C25H23F2N5O6. The van der Waals surface area contributed by atoms with Gasteiger partial charge < -0.3 is 34.6 Å². The van der Waals surface area contributed by atoms with Gasteiger partial charge >= 0.3 is 5.97 Å². The van der Waals surface area contributed by atoms with Crippen LogP contribution in [0.15, 0.2) is 40.4 Å². The average Bonchev–Trinajstić information content (AvgIpc) is 3.27. The number of carboxylic acids is 1. The number of oxime groups is 1. The van der Waals surface area contributed by atoms with Gasteiger partial charge in [-0.15, -0.1) is 0 Å². The monoisotopic (exact) mass is 527 g/mol. The Morgan fingerprint density at radius 2 is 2.08 bits per heavy atom. The summed E-state index contributed by atoms with van der Waals surface area (Å²) in [6.45, 7) is 1.04. The second-order valence-corrected chi connectivity index (χ2v) is 9.43. The largest absolute Gasteiger partial charge is 0.477 e. The predicted molar refractivity (Wildman–Crippen MR) is 131 cm³/mol. The highest BCUT2D eigenvalue weighted by Crippen LogP contribution is 2.41. The van der Waals surface area contributed by atoms with E-state index in [1.54, 1.807) is 17.0 Å². The molecule has 2 fully saturated rings. The predicted octanol–water partition coefficient (Wildman–Crippen LogP) is 2.21. The molecule has 3 atom stereocenters. The molecule has 1 saturated carbocycles. The van der Waals surface area contributed by atoms with Crippen LogP contribution in [0, 0.1) is 11.7 Å². The summed E-state index contributed by atoms with van der Waals surface area (Å²) in [6.07, 6.45) is 0.0314. The van der Waals surface area contributed by atoms with E-state index in [-0.39, 0.29) is 55.7 Å². The molecule has 0 spiro atoms. The van der Waals surface area contributed by atoms with Gasteiger partial charge in [-0.2, -0.15) is 0 Å². The lowest BCUT2D eigenvalue weighted by molar-refractivity contribution is 0.0694. The molecule has 4 heterocycles. The van der Waals surface area contributed by atoms with Gasteiger partial charge in [0.25, 0.3) is 0 Å². The maximum Gasteiger partial charge on any atom is 0.341 e. The highest BCUT2D eigenvalue weighted by molar-refractivity contribution is 5.95. The smallest absolute Gasteiger partial charge is 0.341 e. The Balaban J connectivity index is 1.28. The van der Waals surface area contributed by atoms with E-state index in [1.165, 1.54) is 4.57 Å². The molecule has 13 heteroatoms. The summed E-state index contributed by atoms with van der Waals surface area (Å²) in [6, 6.07) is 5.71. The first-order valence-electron chi connectivity index (χ1n) is 12.0. The zero-order valence-electron chi connectivity index (χ0n) is 20.0. The number of halogens is 2. The second-order valence-electron chi connectivity index (χ2n) is 9.43. The van der Waals surface area contributed by atoms with Crippen molar-refractivity contribution in [1.82, 2.24) is 9.55 Å². The molecule has 1 aliphatic carbocycles. The molecule has 38 heavy (non-hydrogen) atoms. The van der Waals surface area contributed by atoms with E-state index in [0.717, 1.165) is 17.8 Å². The minimum absolute atomic E-state index is 0.0234. The zero-order chi connectivity index (χ0) is 26.6. The first-order chi connectivity index (χ1) is 18.3. The number of nitrogens with two attached hydrogens (primary N) is 1. The first kappa shape index (κ1) is 24.1. The van der Waals surface area contributed by atoms with Crippen molar-refractivity contribution in [3.8, 4) is 11.5 Å². The fraction of sp³-hybridized carbons (Fsp3) is 0.360. The van der Waals surface area contributed by atoms with Gasteiger partial charge in [-0.05, 0) is 23.8 Å². The van der Waals surface area contributed by atoms with E-state index in [2.05, 4.69) is 10.1 Å². The molecule has 0 bridgehead atoms. The maximum atomic E-state index is 15.3. The van der Waals surface area contributed by atoms with E-state index < -0.39 is 35.0 Å². The summed E-state index contributed by atoms with van der Waals surface area (Å²) in [7, 11) is 0. The lowest BCUT2D eigenvalue weighted by atomic mass is 10.1. The molecule has 2 aliphatic heterocycles. The number of anilines is 1. The van der Waals surface area contributed by atoms with Gasteiger partial charge in [-0.25, -0.2) is 18.6 Å². The molecule has 198 valence electrons. The van der Waals surface area contributed by atoms with Crippen molar-refractivity contribution in [2.45, 2.75) is 25.2 Å². The van der Waals surface area contributed by atoms with Gasteiger partial charge in [-0.1, -0.05) is 11.2 Å². The molecule has 1 saturated heterocycles. The molecule has 3 aromatic rings. The van der Waals surface area contributed by atoms with Crippen LogP contribution in [0.3, 0.4) is 0 Å². The molecule has 6 rings (SSSR count). The van der Waals surface area contributed by atoms with Gasteiger partial charge in [-0.3, -0.25) is 4.79 Å². The Kier molecular flexibility index (Phi) is 5.86. The molecule has 0 amide bonds. The van der Waals surface area contributed by atoms with Crippen LogP contribution >= 0.6 is 0 Å². The summed E-state index contributed by atoms with van der Waals surface area (Å²) < 4.78 is 41.2. The summed E-state index contributed by atoms with van der Waals surface area (Å²) in [5, 5.41) is 13.4. The Morgan fingerprint density at radius 3 is 2.82 bits per heavy atom. The van der Waals surface area contributed by atoms with Crippen molar-refractivity contribution in [2.75, 3.05) is 31.3 Å². The van der Waals surface area contributed by atoms with Crippen molar-refractivity contribution in [3.63, 3.8) is 0 Å². The van der Waals surface area contributed by atoms with Gasteiger partial charge in [0, 0.05) is 31.6 Å². The first-order valence-corrected chi connectivity index (χ1v) is 12.0. The SMILES string of the molecule is NCC1CN(c2nc3c(cc2F)c(=O)c(C(=O)O)cn3[C@@H]2C[C@@H]2F)C/C1=N\OCc1ccc2c(c1)OCO2. The molecule has 0 radical (unpaired) electrons. The minimum Gasteiger partial charge on any atom is -0.477 e. The number of hydrogen-bond acceptors (Lipinski definition) is 9. The third-order valence-electron chi connectivity index (χ3n) is 6.91. The van der Waals surface area contributed by atoms with E-state index in [4.69, 9.17) is 20.0 Å². The van der Waals surface area contributed by atoms with E-state index in [1.807, 2.05) is 6.07 Å². The van der Waals surface area contributed by atoms with Crippen molar-refractivity contribution in [2.24, 2.45) is 16.8 Å². The molecule has 1 unspecified atom stereocenters. The number of nitrogens with zero attached hydrogens (tertiary/aromatic N) is 4. The number of fused-ring (bicyclic) bond motifs is 2. The number of ether oxygens (including phenoxy) is 2. The fourth-order valence-corrected chi connectivity index (χ4v) is 4.76. The number of alkyl halides is 1. The maximum absolute atomic E-state index is 15.3. The Labute approximate surface area is 214 Å². The molecule has 3 aliphatic rings. The van der Waals surface area contributed by atoms with Crippen LogP contribution in [0.2, 0.25) is 0 Å². The number of aromatic carboxylic acids is 1. The Bertz CT molecular complexity index is 1540. The summed E-state index contributed by atoms with van der Waals surface area (Å²) >= 11 is 0. The lowest BCUT2D eigenvalue weighted by Crippen LogP contribution is -2.26. The Hall–Kier alpha value is -4.26. The third kappa shape index (κ3) is 4.18. The minimum atomic E-state index is -1.47. The molecule has 3 N–H and O–H groups in total. The number of hydrogen-bond donors (Lipinski definition) is 2. The van der Waals surface area contributed by atoms with Crippen LogP contribution in [0.4, 0.5) is 14.6 Å². The van der Waals surface area contributed by atoms with Gasteiger partial charge in [0.2, 0.25) is 12.2 Å². The number of benzene rings is 1. The van der Waals surface area contributed by atoms with Gasteiger partial charge in [0.15, 0.2) is 23.1 Å². The van der Waals surface area contributed by atoms with Crippen molar-refractivity contribution < 1.29 is 33.0 Å². The zero-order valence-corrected chi connectivity index (χ0v) is 20.0. The van der Waals surface area contributed by atoms with Crippen LogP contribution in [0.25, 0.3) is 11.0 Å². The van der Waals surface area contributed by atoms with Crippen LogP contribution < -0.4 is 25.5 Å². The summed E-state index contributed by atoms with van der Waals surface area (Å²) in [5.74, 6) is -1.30. The number of aromatic nitrogens is 2. The molecule has 1 aromatic carbocycles. The lowest BCUT2D eigenvalue weighted by Gasteiger charge is -2.19. The number of carbonyl (C=O) groups is 1. The summed E-state index contributed by atoms with van der Waals surface area (Å²) in [4.78, 5) is 35.8. The molecule has 2 aromatic heterocycles. The van der Waals surface area contributed by atoms with Crippen molar-refractivity contribution >= 4 is 28.5 Å². The second kappa shape index (κ2) is 9.24. The van der Waals surface area contributed by atoms with Crippen LogP contribution in [0.5, 0.6) is 11.5 Å². The van der Waals surface area contributed by atoms with Crippen LogP contribution in [-0.4, -0.2) is 58.9 Å². The topological polar surface area (TPSA) is 141 Å². The molecule has 11 nitrogen and oxygen atoms in total. The number of carboxylic acid groups (broad SMARTS) is 1. The van der Waals surface area contributed by atoms with Crippen LogP contribution in [0.1, 0.15) is 28.4 Å². The fourth-order valence-electron chi connectivity index (χ4n) is 4.76. The number of pyridine rings is 2.